The van der Waals surface area contributed by atoms with Crippen molar-refractivity contribution in [1.82, 2.24) is 0 Å². The maximum Gasteiger partial charge on any atom is 0.353 e. The summed E-state index contributed by atoms with van der Waals surface area (Å²) in [6.45, 7) is 0. The Morgan fingerprint density at radius 2 is 1.83 bits per heavy atom. The summed E-state index contributed by atoms with van der Waals surface area (Å²) in [5.74, 6) is -0.593. The third-order valence-corrected chi connectivity index (χ3v) is 5.36. The van der Waals surface area contributed by atoms with E-state index in [1.165, 1.54) is 47.9 Å². The van der Waals surface area contributed by atoms with E-state index < -0.39 is 16.0 Å². The van der Waals surface area contributed by atoms with Gasteiger partial charge in [0.1, 0.15) is 4.90 Å². The quantitative estimate of drug-likeness (QED) is 0.244. The summed E-state index contributed by atoms with van der Waals surface area (Å²) in [5.41, 5.74) is 10.9. The lowest BCUT2D eigenvalue weighted by Crippen LogP contribution is -2.80. The number of hydrogen-bond acceptors (Lipinski definition) is 5. The van der Waals surface area contributed by atoms with Crippen molar-refractivity contribution in [2.45, 2.75) is 4.90 Å². The molecule has 0 bridgehead atoms. The second kappa shape index (κ2) is 7.47. The van der Waals surface area contributed by atoms with Gasteiger partial charge in [-0.15, -0.1) is 11.3 Å². The first-order chi connectivity index (χ1) is 11.3. The van der Waals surface area contributed by atoms with E-state index in [9.17, 15) is 13.2 Å². The zero-order valence-electron chi connectivity index (χ0n) is 12.2. The van der Waals surface area contributed by atoms with Crippen molar-refractivity contribution in [1.29, 1.82) is 0 Å². The van der Waals surface area contributed by atoms with E-state index in [1.807, 2.05) is 4.40 Å². The van der Waals surface area contributed by atoms with Gasteiger partial charge in [0, 0.05) is 18.0 Å². The minimum Gasteiger partial charge on any atom is -0.362 e. The summed E-state index contributed by atoms with van der Waals surface area (Å²) >= 11 is 6.97. The lowest BCUT2D eigenvalue weighted by molar-refractivity contribution is -0.270. The molecule has 6 N–H and O–H groups in total. The number of ketones is 1. The van der Waals surface area contributed by atoms with E-state index in [4.69, 9.17) is 23.1 Å². The van der Waals surface area contributed by atoms with Crippen LogP contribution in [0.2, 0.25) is 4.34 Å². The molecule has 0 saturated carbocycles. The fourth-order valence-corrected chi connectivity index (χ4v) is 3.57. The molecule has 0 aliphatic rings. The molecule has 0 spiro atoms. The predicted octanol–water partition coefficient (Wildman–Crippen LogP) is 0.253. The number of guanidine groups is 1. The molecular weight excluding hydrogens is 372 g/mol. The number of halogens is 1. The molecule has 0 aliphatic heterocycles. The highest BCUT2D eigenvalue weighted by Crippen LogP contribution is 2.22. The Kier molecular flexibility index (Phi) is 5.60. The fraction of sp³-hybridized carbons (Fsp3) is 0. The Morgan fingerprint density at radius 3 is 2.38 bits per heavy atom. The van der Waals surface area contributed by atoms with E-state index in [1.54, 1.807) is 12.1 Å². The number of thiophene rings is 1. The fourth-order valence-electron chi connectivity index (χ4n) is 1.69. The van der Waals surface area contributed by atoms with Crippen LogP contribution in [0.3, 0.4) is 0 Å². The van der Waals surface area contributed by atoms with Crippen molar-refractivity contribution in [2.75, 3.05) is 5.32 Å². The molecule has 0 fully saturated rings. The van der Waals surface area contributed by atoms with Crippen molar-refractivity contribution in [3.63, 3.8) is 0 Å². The van der Waals surface area contributed by atoms with E-state index >= 15 is 0 Å². The van der Waals surface area contributed by atoms with Crippen LogP contribution < -0.4 is 21.2 Å². The number of sulfonamides is 1. The molecule has 0 amide bonds. The van der Waals surface area contributed by atoms with Crippen LogP contribution in [-0.2, 0) is 10.0 Å². The Hall–Kier alpha value is -2.36. The Labute approximate surface area is 147 Å². The summed E-state index contributed by atoms with van der Waals surface area (Å²) in [4.78, 5) is 12.4. The van der Waals surface area contributed by atoms with Gasteiger partial charge in [0.2, 0.25) is 0 Å². The van der Waals surface area contributed by atoms with Gasteiger partial charge in [-0.25, -0.2) is 0 Å². The van der Waals surface area contributed by atoms with Gasteiger partial charge in [0.15, 0.2) is 5.78 Å². The van der Waals surface area contributed by atoms with Crippen molar-refractivity contribution >= 4 is 50.4 Å². The Bertz CT molecular complexity index is 898. The number of allylic oxidation sites excluding steroid dienone is 1. The number of benzene rings is 1. The summed E-state index contributed by atoms with van der Waals surface area (Å²) in [6.07, 6.45) is 2.82. The van der Waals surface area contributed by atoms with Crippen molar-refractivity contribution in [3.05, 3.63) is 57.9 Å². The summed E-state index contributed by atoms with van der Waals surface area (Å²) < 4.78 is 26.2. The van der Waals surface area contributed by atoms with Gasteiger partial charge in [0.05, 0.1) is 9.21 Å². The van der Waals surface area contributed by atoms with Crippen LogP contribution in [0.15, 0.2) is 53.6 Å². The van der Waals surface area contributed by atoms with E-state index in [0.717, 1.165) is 0 Å². The minimum atomic E-state index is -3.79. The molecule has 0 saturated heterocycles. The average molecular weight is 386 g/mol. The lowest BCUT2D eigenvalue weighted by Gasteiger charge is -2.02. The molecule has 1 heterocycles. The molecule has 0 atom stereocenters. The molecule has 2 rings (SSSR count). The van der Waals surface area contributed by atoms with Crippen molar-refractivity contribution in [2.24, 2.45) is 11.5 Å². The van der Waals surface area contributed by atoms with Gasteiger partial charge in [-0.05, 0) is 36.4 Å². The van der Waals surface area contributed by atoms with E-state index in [-0.39, 0.29) is 10.7 Å². The van der Waals surface area contributed by atoms with Gasteiger partial charge < -0.3 is 5.32 Å². The smallest absolute Gasteiger partial charge is 0.353 e. The van der Waals surface area contributed by atoms with Crippen molar-refractivity contribution < 1.29 is 17.6 Å². The third kappa shape index (κ3) is 4.82. The van der Waals surface area contributed by atoms with Gasteiger partial charge in [0.25, 0.3) is 0 Å². The largest absolute Gasteiger partial charge is 0.362 e. The van der Waals surface area contributed by atoms with Crippen LogP contribution in [0.4, 0.5) is 5.69 Å². The maximum absolute atomic E-state index is 11.8. The minimum absolute atomic E-state index is 0.00901. The molecule has 2 aromatic rings. The third-order valence-electron chi connectivity index (χ3n) is 2.72. The first kappa shape index (κ1) is 18.0. The first-order valence-corrected chi connectivity index (χ1v) is 9.19. The second-order valence-electron chi connectivity index (χ2n) is 4.53. The standard InChI is InChI=1S/C14H13ClN4O3S2/c15-13-6-5-12(23-13)11(20)7-8-18-9-1-3-10(4-2-9)24(21,22)19-14(16)17/h1-8,18H,(H4,16,17,19)/p+1/b8-7+. The van der Waals surface area contributed by atoms with Gasteiger partial charge >= 0.3 is 16.0 Å². The molecule has 7 nitrogen and oxygen atoms in total. The number of carbonyl (C=O) groups is 1. The molecule has 24 heavy (non-hydrogen) atoms. The maximum atomic E-state index is 11.8. The second-order valence-corrected chi connectivity index (χ2v) is 7.93. The van der Waals surface area contributed by atoms with Gasteiger partial charge in [-0.2, -0.15) is 12.8 Å². The summed E-state index contributed by atoms with van der Waals surface area (Å²) in [6, 6.07) is 9.13. The zero-order valence-corrected chi connectivity index (χ0v) is 14.6. The van der Waals surface area contributed by atoms with E-state index in [2.05, 4.69) is 5.32 Å². The van der Waals surface area contributed by atoms with Crippen LogP contribution in [0.25, 0.3) is 0 Å². The molecule has 0 radical (unpaired) electrons. The average Bonchev–Trinajstić information content (AvgIpc) is 2.93. The predicted molar refractivity (Wildman–Crippen MR) is 94.4 cm³/mol. The topological polar surface area (TPSA) is 129 Å². The number of nitrogens with one attached hydrogen (secondary N) is 2. The number of hydrogen-bond donors (Lipinski definition) is 4. The molecule has 10 heteroatoms. The number of rotatable bonds is 6. The first-order valence-electron chi connectivity index (χ1n) is 6.51. The highest BCUT2D eigenvalue weighted by molar-refractivity contribution is 7.84. The highest BCUT2D eigenvalue weighted by atomic mass is 35.5. The van der Waals surface area contributed by atoms with Crippen LogP contribution in [0.5, 0.6) is 0 Å². The van der Waals surface area contributed by atoms with E-state index in [0.29, 0.717) is 14.9 Å². The summed E-state index contributed by atoms with van der Waals surface area (Å²) in [5, 5.41) is 2.87. The monoisotopic (exact) mass is 385 g/mol. The Morgan fingerprint density at radius 1 is 1.17 bits per heavy atom. The van der Waals surface area contributed by atoms with Crippen LogP contribution in [-0.4, -0.2) is 20.2 Å². The highest BCUT2D eigenvalue weighted by Gasteiger charge is 2.14. The van der Waals surface area contributed by atoms with Crippen molar-refractivity contribution in [3.8, 4) is 0 Å². The number of nitrogens with two attached hydrogens (primary N) is 2. The van der Waals surface area contributed by atoms with Gasteiger partial charge in [-0.3, -0.25) is 16.3 Å². The molecule has 0 unspecified atom stereocenters. The van der Waals surface area contributed by atoms with Crippen LogP contribution in [0, 0.1) is 0 Å². The molecule has 0 aliphatic carbocycles. The summed E-state index contributed by atoms with van der Waals surface area (Å²) in [7, 11) is -3.79. The molecule has 1 aromatic carbocycles. The molecule has 126 valence electrons. The number of anilines is 1. The Balaban J connectivity index is 2.03. The SMILES string of the molecule is NC(N)=[NH+]S(=O)(=O)c1ccc(N/C=C/C(=O)c2ccc(Cl)s2)cc1. The number of carbonyl (C=O) groups excluding carboxylic acids is 1. The normalized spacial score (nSPS) is 11.4. The van der Waals surface area contributed by atoms with Crippen LogP contribution >= 0.6 is 22.9 Å². The zero-order chi connectivity index (χ0) is 17.7. The molecular formula is C14H14ClN4O3S2+. The lowest BCUT2D eigenvalue weighted by atomic mass is 10.3. The van der Waals surface area contributed by atoms with Crippen LogP contribution in [0.1, 0.15) is 9.67 Å². The molecule has 1 aromatic heterocycles. The van der Waals surface area contributed by atoms with Gasteiger partial charge in [-0.1, -0.05) is 11.6 Å².